The summed E-state index contributed by atoms with van der Waals surface area (Å²) in [6.07, 6.45) is 2.02. The Bertz CT molecular complexity index is 1320. The van der Waals surface area contributed by atoms with Gasteiger partial charge in [-0.15, -0.1) is 15.0 Å². The van der Waals surface area contributed by atoms with Crippen molar-refractivity contribution < 1.29 is 14.3 Å². The predicted molar refractivity (Wildman–Crippen MR) is 129 cm³/mol. The molecule has 1 fully saturated rings. The van der Waals surface area contributed by atoms with Crippen molar-refractivity contribution in [3.63, 3.8) is 0 Å². The first kappa shape index (κ1) is 21.6. The van der Waals surface area contributed by atoms with E-state index in [0.717, 1.165) is 42.5 Å². The van der Waals surface area contributed by atoms with Gasteiger partial charge in [-0.05, 0) is 61.7 Å². The maximum atomic E-state index is 12.9. The molecule has 1 N–H and O–H groups in total. The number of carbonyl (C=O) groups excluding carboxylic acids is 2. The molecule has 3 aromatic carbocycles. The van der Waals surface area contributed by atoms with Gasteiger partial charge < -0.3 is 15.0 Å². The van der Waals surface area contributed by atoms with Crippen LogP contribution in [0.5, 0.6) is 5.75 Å². The Morgan fingerprint density at radius 3 is 2.35 bits per heavy atom. The number of hydrogen-bond donors (Lipinski definition) is 1. The third-order valence-electron chi connectivity index (χ3n) is 5.80. The molecule has 8 heteroatoms. The van der Waals surface area contributed by atoms with Crippen LogP contribution in [-0.4, -0.2) is 51.4 Å². The Kier molecular flexibility index (Phi) is 5.95. The highest BCUT2D eigenvalue weighted by Gasteiger charge is 2.22. The summed E-state index contributed by atoms with van der Waals surface area (Å²) in [5.74, 6) is 0.0706. The molecular formula is C26H25N5O3. The number of aryl methyl sites for hydroxylation is 1. The van der Waals surface area contributed by atoms with Crippen LogP contribution in [0.15, 0.2) is 66.7 Å². The van der Waals surface area contributed by atoms with Gasteiger partial charge in [0.05, 0.1) is 11.3 Å². The number of nitrogens with one attached hydrogen (secondary N) is 1. The second-order valence-electron chi connectivity index (χ2n) is 8.33. The van der Waals surface area contributed by atoms with E-state index in [1.54, 1.807) is 30.3 Å². The fourth-order valence-corrected chi connectivity index (χ4v) is 4.07. The van der Waals surface area contributed by atoms with Crippen LogP contribution >= 0.6 is 0 Å². The summed E-state index contributed by atoms with van der Waals surface area (Å²) in [6.45, 7) is 3.24. The molecule has 34 heavy (non-hydrogen) atoms. The maximum Gasteiger partial charge on any atom is 0.262 e. The normalized spacial score (nSPS) is 13.3. The standard InChI is InChI=1S/C26H25N5O3/c1-18-12-13-24(23(16-18)31-28-21-10-4-5-11-22(21)29-31)34-17-25(32)27-20-9-3-2-8-19(20)26(33)30-14-6-7-15-30/h2-5,8-13,16H,6-7,14-15,17H2,1H3,(H,27,32). The quantitative estimate of drug-likeness (QED) is 0.475. The van der Waals surface area contributed by atoms with E-state index >= 15 is 0 Å². The molecule has 0 unspecified atom stereocenters. The zero-order valence-corrected chi connectivity index (χ0v) is 18.9. The summed E-state index contributed by atoms with van der Waals surface area (Å²) >= 11 is 0. The number of carbonyl (C=O) groups is 2. The SMILES string of the molecule is Cc1ccc(OCC(=O)Nc2ccccc2C(=O)N2CCCC2)c(-n2nc3ccccc3n2)c1. The third kappa shape index (κ3) is 4.47. The highest BCUT2D eigenvalue weighted by atomic mass is 16.5. The summed E-state index contributed by atoms with van der Waals surface area (Å²) in [5.41, 5.74) is 4.17. The van der Waals surface area contributed by atoms with Crippen LogP contribution in [0.25, 0.3) is 16.7 Å². The van der Waals surface area contributed by atoms with Crippen LogP contribution in [0.4, 0.5) is 5.69 Å². The van der Waals surface area contributed by atoms with Gasteiger partial charge >= 0.3 is 0 Å². The van der Waals surface area contributed by atoms with Crippen molar-refractivity contribution in [3.8, 4) is 11.4 Å². The lowest BCUT2D eigenvalue weighted by molar-refractivity contribution is -0.118. The molecule has 0 aliphatic carbocycles. The van der Waals surface area contributed by atoms with Crippen molar-refractivity contribution >= 4 is 28.5 Å². The Labute approximate surface area is 197 Å². The number of likely N-dealkylation sites (tertiary alicyclic amines) is 1. The number of nitrogens with zero attached hydrogens (tertiary/aromatic N) is 4. The lowest BCUT2D eigenvalue weighted by Gasteiger charge is -2.18. The number of fused-ring (bicyclic) bond motifs is 1. The molecule has 0 spiro atoms. The monoisotopic (exact) mass is 455 g/mol. The molecule has 4 aromatic rings. The minimum atomic E-state index is -0.355. The average Bonchev–Trinajstić information content (AvgIpc) is 3.53. The van der Waals surface area contributed by atoms with Gasteiger partial charge in [-0.1, -0.05) is 30.3 Å². The maximum absolute atomic E-state index is 12.9. The Balaban J connectivity index is 1.32. The topological polar surface area (TPSA) is 89.4 Å². The molecule has 172 valence electrons. The Morgan fingerprint density at radius 1 is 0.941 bits per heavy atom. The van der Waals surface area contributed by atoms with Crippen molar-refractivity contribution in [2.45, 2.75) is 19.8 Å². The Hall–Kier alpha value is -4.20. The van der Waals surface area contributed by atoms with Crippen molar-refractivity contribution in [2.24, 2.45) is 0 Å². The van der Waals surface area contributed by atoms with Crippen molar-refractivity contribution in [1.82, 2.24) is 19.9 Å². The fraction of sp³-hybridized carbons (Fsp3) is 0.231. The summed E-state index contributed by atoms with van der Waals surface area (Å²) in [6, 6.07) is 20.3. The van der Waals surface area contributed by atoms with Gasteiger partial charge in [0.15, 0.2) is 6.61 Å². The number of rotatable bonds is 6. The molecule has 0 saturated carbocycles. The average molecular weight is 456 g/mol. The molecule has 2 heterocycles. The van der Waals surface area contributed by atoms with Crippen molar-refractivity contribution in [2.75, 3.05) is 25.0 Å². The van der Waals surface area contributed by atoms with Gasteiger partial charge in [-0.25, -0.2) is 0 Å². The van der Waals surface area contributed by atoms with Crippen LogP contribution in [-0.2, 0) is 4.79 Å². The highest BCUT2D eigenvalue weighted by Crippen LogP contribution is 2.25. The van der Waals surface area contributed by atoms with E-state index in [2.05, 4.69) is 15.5 Å². The third-order valence-corrected chi connectivity index (χ3v) is 5.80. The summed E-state index contributed by atoms with van der Waals surface area (Å²) < 4.78 is 5.87. The summed E-state index contributed by atoms with van der Waals surface area (Å²) in [4.78, 5) is 28.9. The van der Waals surface area contributed by atoms with Gasteiger partial charge in [0.2, 0.25) is 0 Å². The number of anilines is 1. The van der Waals surface area contributed by atoms with Crippen LogP contribution in [0.1, 0.15) is 28.8 Å². The van der Waals surface area contributed by atoms with E-state index in [1.807, 2.05) is 48.2 Å². The first-order valence-electron chi connectivity index (χ1n) is 11.3. The highest BCUT2D eigenvalue weighted by molar-refractivity contribution is 6.04. The second kappa shape index (κ2) is 9.35. The molecular weight excluding hydrogens is 430 g/mol. The van der Waals surface area contributed by atoms with E-state index in [-0.39, 0.29) is 18.4 Å². The molecule has 0 radical (unpaired) electrons. The Morgan fingerprint density at radius 2 is 1.62 bits per heavy atom. The predicted octanol–water partition coefficient (Wildman–Crippen LogP) is 3.98. The van der Waals surface area contributed by atoms with Crippen LogP contribution in [0, 0.1) is 6.92 Å². The van der Waals surface area contributed by atoms with Gasteiger partial charge in [-0.3, -0.25) is 9.59 Å². The smallest absolute Gasteiger partial charge is 0.262 e. The van der Waals surface area contributed by atoms with Crippen LogP contribution in [0.2, 0.25) is 0 Å². The lowest BCUT2D eigenvalue weighted by atomic mass is 10.1. The van der Waals surface area contributed by atoms with Gasteiger partial charge in [0.25, 0.3) is 11.8 Å². The van der Waals surface area contributed by atoms with E-state index in [1.165, 1.54) is 4.80 Å². The van der Waals surface area contributed by atoms with Crippen LogP contribution in [0.3, 0.4) is 0 Å². The largest absolute Gasteiger partial charge is 0.481 e. The molecule has 1 aliphatic rings. The molecule has 1 aliphatic heterocycles. The van der Waals surface area contributed by atoms with Crippen molar-refractivity contribution in [3.05, 3.63) is 77.9 Å². The fourth-order valence-electron chi connectivity index (χ4n) is 4.07. The van der Waals surface area contributed by atoms with E-state index in [0.29, 0.717) is 22.7 Å². The molecule has 0 bridgehead atoms. The number of aromatic nitrogens is 3. The minimum absolute atomic E-state index is 0.0630. The number of hydrogen-bond acceptors (Lipinski definition) is 5. The van der Waals surface area contributed by atoms with Crippen LogP contribution < -0.4 is 10.1 Å². The van der Waals surface area contributed by atoms with E-state index < -0.39 is 0 Å². The number of ether oxygens (including phenoxy) is 1. The lowest BCUT2D eigenvalue weighted by Crippen LogP contribution is -2.29. The van der Waals surface area contributed by atoms with Gasteiger partial charge in [0, 0.05) is 13.1 Å². The number of para-hydroxylation sites is 1. The summed E-state index contributed by atoms with van der Waals surface area (Å²) in [7, 11) is 0. The molecule has 1 saturated heterocycles. The zero-order chi connectivity index (χ0) is 23.5. The first-order valence-corrected chi connectivity index (χ1v) is 11.3. The van der Waals surface area contributed by atoms with Crippen molar-refractivity contribution in [1.29, 1.82) is 0 Å². The molecule has 0 atom stereocenters. The minimum Gasteiger partial charge on any atom is -0.481 e. The summed E-state index contributed by atoms with van der Waals surface area (Å²) in [5, 5.41) is 11.9. The second-order valence-corrected chi connectivity index (χ2v) is 8.33. The molecule has 5 rings (SSSR count). The number of amides is 2. The molecule has 8 nitrogen and oxygen atoms in total. The van der Waals surface area contributed by atoms with E-state index in [9.17, 15) is 9.59 Å². The number of benzene rings is 3. The van der Waals surface area contributed by atoms with E-state index in [4.69, 9.17) is 4.74 Å². The molecule has 1 aromatic heterocycles. The first-order chi connectivity index (χ1) is 16.6. The van der Waals surface area contributed by atoms with Gasteiger partial charge in [0.1, 0.15) is 22.5 Å². The zero-order valence-electron chi connectivity index (χ0n) is 18.9. The van der Waals surface area contributed by atoms with Gasteiger partial charge in [-0.2, -0.15) is 0 Å². The molecule has 2 amide bonds.